The minimum absolute atomic E-state index is 0.0226. The molecule has 0 spiro atoms. The average Bonchev–Trinajstić information content (AvgIpc) is 4.16. The number of carbonyl (C=O) groups excluding carboxylic acids is 11. The van der Waals surface area contributed by atoms with Crippen LogP contribution in [0, 0.1) is 5.92 Å². The number of hydrogen-bond acceptors (Lipinski definition) is 13. The quantitative estimate of drug-likeness (QED) is 0.0747. The van der Waals surface area contributed by atoms with Gasteiger partial charge in [0.05, 0.1) is 0 Å². The molecule has 14 N–H and O–H groups in total. The van der Waals surface area contributed by atoms with E-state index in [2.05, 4.69) is 42.5 Å². The Morgan fingerprint density at radius 3 is 1.57 bits per heavy atom. The van der Waals surface area contributed by atoms with Crippen LogP contribution in [0.1, 0.15) is 108 Å². The van der Waals surface area contributed by atoms with Gasteiger partial charge in [0, 0.05) is 38.9 Å². The lowest BCUT2D eigenvalue weighted by atomic mass is 9.96. The van der Waals surface area contributed by atoms with Crippen LogP contribution in [0.2, 0.25) is 0 Å². The first-order valence-corrected chi connectivity index (χ1v) is 29.6. The maximum Gasteiger partial charge on any atom is 0.312 e. The SMILES string of the molecule is CC[C@H](C)[C@@H]1NC(=O)[C@@H](CCCCN)NC(=O)[C@@H](CCSC)NC(=O)[C@@H](CCC(N)=O)NC(=O)[C@@H]2CCCN2C(=O)[C@H](Cc2ccccc2)NC(=O)[C@@H](Cc2ccccc2)NC(=O)[C@@H]2CCCN2C(=O)[C@@H](CCCNC(N)=O)NC1=O. The molecule has 2 aromatic carbocycles. The number of amides is 12. The van der Waals surface area contributed by atoms with Crippen molar-refractivity contribution < 1.29 is 52.7 Å². The third kappa shape index (κ3) is 19.7. The molecule has 3 fully saturated rings. The molecule has 0 unspecified atom stereocenters. The standard InChI is InChI=1S/C56H83N13O11S/c1-4-34(2)46-53(77)64-40(21-13-28-60-56(59)80)54(78)68-29-14-23-44(68)52(76)65-41(32-35-16-7-5-8-17-35)50(74)66-42(33-36-18-9-6-10-19-36)55(79)69-30-15-22-43(69)51(75)63-38(24-25-45(58)70)47(71)62-39(26-31-81-3)48(72)61-37(49(73)67-46)20-11-12-27-57/h5-10,16-19,34,37-44,46H,4,11-15,20-33,57H2,1-3H3,(H2,58,70)(H,61,72)(H,62,71)(H,63,75)(H,64,77)(H,65,76)(H,66,74)(H,67,73)(H3,59,60,80)/t34-,37+,38+,39+,40+,41+,42-,43-,44-,46-/m0/s1. The van der Waals surface area contributed by atoms with E-state index in [0.29, 0.717) is 49.0 Å². The molecular formula is C56H83N13O11S. The summed E-state index contributed by atoms with van der Waals surface area (Å²) in [6, 6.07) is 5.62. The summed E-state index contributed by atoms with van der Waals surface area (Å²) >= 11 is 1.39. The average molecular weight is 1150 g/mol. The molecule has 81 heavy (non-hydrogen) atoms. The molecule has 0 aromatic heterocycles. The van der Waals surface area contributed by atoms with Crippen molar-refractivity contribution in [1.29, 1.82) is 0 Å². The number of rotatable bonds is 20. The van der Waals surface area contributed by atoms with Gasteiger partial charge in [-0.2, -0.15) is 11.8 Å². The van der Waals surface area contributed by atoms with Gasteiger partial charge in [0.15, 0.2) is 0 Å². The van der Waals surface area contributed by atoms with Gasteiger partial charge in [0.1, 0.15) is 54.4 Å². The molecule has 2 aromatic rings. The number of nitrogens with zero attached hydrogens (tertiary/aromatic N) is 2. The Bertz CT molecular complexity index is 2490. The smallest absolute Gasteiger partial charge is 0.312 e. The van der Waals surface area contributed by atoms with Crippen molar-refractivity contribution in [2.75, 3.05) is 38.2 Å². The Kier molecular flexibility index (Phi) is 26.2. The van der Waals surface area contributed by atoms with Crippen molar-refractivity contribution in [2.45, 2.75) is 165 Å². The first-order chi connectivity index (χ1) is 38.8. The largest absolute Gasteiger partial charge is 0.370 e. The normalized spacial score (nSPS) is 25.4. The third-order valence-electron chi connectivity index (χ3n) is 15.0. The van der Waals surface area contributed by atoms with Crippen molar-refractivity contribution in [3.63, 3.8) is 0 Å². The van der Waals surface area contributed by atoms with Crippen LogP contribution in [0.25, 0.3) is 0 Å². The number of thioether (sulfide) groups is 1. The summed E-state index contributed by atoms with van der Waals surface area (Å²) in [4.78, 5) is 158. The zero-order valence-electron chi connectivity index (χ0n) is 46.7. The monoisotopic (exact) mass is 1150 g/mol. The molecule has 24 nitrogen and oxygen atoms in total. The lowest BCUT2D eigenvalue weighted by Gasteiger charge is -2.32. The van der Waals surface area contributed by atoms with Crippen LogP contribution in [-0.2, 0) is 60.8 Å². The van der Waals surface area contributed by atoms with Crippen molar-refractivity contribution in [2.24, 2.45) is 23.1 Å². The van der Waals surface area contributed by atoms with Gasteiger partial charge in [-0.3, -0.25) is 47.9 Å². The number of carbonyl (C=O) groups is 11. The van der Waals surface area contributed by atoms with Crippen molar-refractivity contribution in [3.05, 3.63) is 71.8 Å². The second-order valence-corrected chi connectivity index (χ2v) is 22.0. The maximum atomic E-state index is 15.0. The molecule has 0 radical (unpaired) electrons. The number of primary amides is 2. The molecule has 5 rings (SSSR count). The lowest BCUT2D eigenvalue weighted by molar-refractivity contribution is -0.143. The molecule has 3 heterocycles. The summed E-state index contributed by atoms with van der Waals surface area (Å²) in [7, 11) is 0. The highest BCUT2D eigenvalue weighted by molar-refractivity contribution is 7.98. The fourth-order valence-electron chi connectivity index (χ4n) is 10.3. The van der Waals surface area contributed by atoms with Crippen LogP contribution in [0.4, 0.5) is 4.79 Å². The highest BCUT2D eigenvalue weighted by atomic mass is 32.2. The lowest BCUT2D eigenvalue weighted by Crippen LogP contribution is -2.61. The van der Waals surface area contributed by atoms with E-state index in [1.807, 2.05) is 6.92 Å². The number of nitrogens with one attached hydrogen (secondary N) is 8. The van der Waals surface area contributed by atoms with Crippen LogP contribution in [0.5, 0.6) is 0 Å². The van der Waals surface area contributed by atoms with E-state index in [0.717, 1.165) is 0 Å². The highest BCUT2D eigenvalue weighted by Crippen LogP contribution is 2.23. The van der Waals surface area contributed by atoms with Crippen LogP contribution < -0.4 is 59.7 Å². The summed E-state index contributed by atoms with van der Waals surface area (Å²) in [5.74, 6) is -7.39. The predicted molar refractivity (Wildman–Crippen MR) is 304 cm³/mol. The van der Waals surface area contributed by atoms with E-state index in [-0.39, 0.29) is 90.4 Å². The Balaban J connectivity index is 1.62. The number of nitrogens with two attached hydrogens (primary N) is 3. The van der Waals surface area contributed by atoms with Gasteiger partial charge >= 0.3 is 6.03 Å². The maximum absolute atomic E-state index is 15.0. The van der Waals surface area contributed by atoms with E-state index >= 15 is 0 Å². The Morgan fingerprint density at radius 2 is 1.04 bits per heavy atom. The zero-order chi connectivity index (χ0) is 59.0. The molecule has 0 saturated carbocycles. The minimum atomic E-state index is -1.43. The topological polar surface area (TPSA) is 369 Å². The first-order valence-electron chi connectivity index (χ1n) is 28.2. The molecule has 444 valence electrons. The second kappa shape index (κ2) is 32.8. The number of urea groups is 1. The molecule has 12 amide bonds. The van der Waals surface area contributed by atoms with E-state index in [1.54, 1.807) is 73.8 Å². The van der Waals surface area contributed by atoms with E-state index < -0.39 is 125 Å². The van der Waals surface area contributed by atoms with Crippen molar-refractivity contribution >= 4 is 76.9 Å². The van der Waals surface area contributed by atoms with Gasteiger partial charge in [-0.15, -0.1) is 0 Å². The second-order valence-electron chi connectivity index (χ2n) is 21.0. The zero-order valence-corrected chi connectivity index (χ0v) is 47.5. The summed E-state index contributed by atoms with van der Waals surface area (Å²) in [5.41, 5.74) is 18.0. The van der Waals surface area contributed by atoms with Gasteiger partial charge in [-0.1, -0.05) is 80.9 Å². The molecule has 3 aliphatic rings. The minimum Gasteiger partial charge on any atom is -0.370 e. The Hall–Kier alpha value is -7.28. The summed E-state index contributed by atoms with van der Waals surface area (Å²) < 4.78 is 0. The summed E-state index contributed by atoms with van der Waals surface area (Å²) in [6.07, 6.45) is 3.77. The fraction of sp³-hybridized carbons (Fsp3) is 0.589. The van der Waals surface area contributed by atoms with Gasteiger partial charge in [-0.25, -0.2) is 4.79 Å². The number of fused-ring (bicyclic) bond motifs is 2. The van der Waals surface area contributed by atoms with Gasteiger partial charge in [0.25, 0.3) is 0 Å². The molecule has 0 bridgehead atoms. The molecule has 3 saturated heterocycles. The summed E-state index contributed by atoms with van der Waals surface area (Å²) in [6.45, 7) is 4.06. The van der Waals surface area contributed by atoms with Crippen molar-refractivity contribution in [1.82, 2.24) is 52.3 Å². The van der Waals surface area contributed by atoms with Crippen molar-refractivity contribution in [3.8, 4) is 0 Å². The molecule has 3 aliphatic heterocycles. The van der Waals surface area contributed by atoms with E-state index in [9.17, 15) is 52.7 Å². The first kappa shape index (κ1) is 64.5. The Labute approximate surface area is 477 Å². The highest BCUT2D eigenvalue weighted by Gasteiger charge is 2.43. The fourth-order valence-corrected chi connectivity index (χ4v) is 10.8. The number of hydrogen-bond donors (Lipinski definition) is 11. The van der Waals surface area contributed by atoms with E-state index in [4.69, 9.17) is 17.2 Å². The van der Waals surface area contributed by atoms with E-state index in [1.165, 1.54) is 21.6 Å². The van der Waals surface area contributed by atoms with Crippen LogP contribution >= 0.6 is 11.8 Å². The molecule has 0 aliphatic carbocycles. The Morgan fingerprint density at radius 1 is 0.580 bits per heavy atom. The van der Waals surface area contributed by atoms with Gasteiger partial charge in [0.2, 0.25) is 59.1 Å². The van der Waals surface area contributed by atoms with Crippen LogP contribution in [0.3, 0.4) is 0 Å². The number of benzene rings is 2. The third-order valence-corrected chi connectivity index (χ3v) is 15.6. The van der Waals surface area contributed by atoms with Gasteiger partial charge in [-0.05, 0) is 106 Å². The molecule has 25 heteroatoms. The van der Waals surface area contributed by atoms with Crippen LogP contribution in [-0.4, -0.2) is 167 Å². The number of unbranched alkanes of at least 4 members (excludes halogenated alkanes) is 1. The molecule has 10 atom stereocenters. The predicted octanol–water partition coefficient (Wildman–Crippen LogP) is -0.497. The van der Waals surface area contributed by atoms with Gasteiger partial charge < -0.3 is 69.5 Å². The molecular weight excluding hydrogens is 1060 g/mol. The summed E-state index contributed by atoms with van der Waals surface area (Å²) in [5, 5.41) is 22.1. The van der Waals surface area contributed by atoms with Crippen LogP contribution in [0.15, 0.2) is 60.7 Å².